The van der Waals surface area contributed by atoms with Gasteiger partial charge in [0.2, 0.25) is 0 Å². The molecule has 0 amide bonds. The molecular formula is C12H24O4. The third kappa shape index (κ3) is 2.25. The van der Waals surface area contributed by atoms with Crippen LogP contribution in [-0.4, -0.2) is 47.8 Å². The quantitative estimate of drug-likeness (QED) is 0.760. The molecule has 0 spiro atoms. The van der Waals surface area contributed by atoms with Gasteiger partial charge in [0.15, 0.2) is 0 Å². The van der Waals surface area contributed by atoms with Crippen molar-refractivity contribution < 1.29 is 19.7 Å². The molecule has 0 aromatic heterocycles. The number of ether oxygens (including phenoxy) is 2. The van der Waals surface area contributed by atoms with Crippen molar-refractivity contribution in [3.8, 4) is 0 Å². The van der Waals surface area contributed by atoms with Gasteiger partial charge in [0.1, 0.15) is 6.10 Å². The predicted octanol–water partition coefficient (Wildman–Crippen LogP) is 0.948. The van der Waals surface area contributed by atoms with Crippen LogP contribution in [0.5, 0.6) is 0 Å². The molecule has 0 radical (unpaired) electrons. The Morgan fingerprint density at radius 3 is 2.25 bits per heavy atom. The Labute approximate surface area is 97.6 Å². The summed E-state index contributed by atoms with van der Waals surface area (Å²) >= 11 is 0. The maximum Gasteiger partial charge on any atom is 0.109 e. The van der Waals surface area contributed by atoms with Gasteiger partial charge in [0, 0.05) is 20.1 Å². The van der Waals surface area contributed by atoms with Crippen LogP contribution in [0.3, 0.4) is 0 Å². The molecule has 2 N–H and O–H groups in total. The zero-order valence-corrected chi connectivity index (χ0v) is 10.9. The number of aliphatic hydroxyl groups excluding tert-OH is 2. The van der Waals surface area contributed by atoms with Gasteiger partial charge in [-0.3, -0.25) is 0 Å². The number of aliphatic hydroxyl groups is 2. The molecule has 4 heteroatoms. The van der Waals surface area contributed by atoms with Crippen LogP contribution in [0, 0.1) is 5.92 Å². The summed E-state index contributed by atoms with van der Waals surface area (Å²) < 4.78 is 10.7. The molecule has 0 bridgehead atoms. The Morgan fingerprint density at radius 2 is 1.81 bits per heavy atom. The zero-order chi connectivity index (χ0) is 12.6. The molecule has 0 unspecified atom stereocenters. The van der Waals surface area contributed by atoms with E-state index >= 15 is 0 Å². The van der Waals surface area contributed by atoms with Gasteiger partial charge in [-0.15, -0.1) is 0 Å². The highest BCUT2D eigenvalue weighted by Gasteiger charge is 2.50. The van der Waals surface area contributed by atoms with Crippen LogP contribution in [-0.2, 0) is 9.47 Å². The summed E-state index contributed by atoms with van der Waals surface area (Å²) in [4.78, 5) is 0. The smallest absolute Gasteiger partial charge is 0.109 e. The summed E-state index contributed by atoms with van der Waals surface area (Å²) in [6, 6.07) is 0. The molecule has 1 aliphatic carbocycles. The highest BCUT2D eigenvalue weighted by atomic mass is 16.5. The summed E-state index contributed by atoms with van der Waals surface area (Å²) in [7, 11) is 3.20. The predicted molar refractivity (Wildman–Crippen MR) is 61.2 cm³/mol. The van der Waals surface area contributed by atoms with Gasteiger partial charge in [-0.25, -0.2) is 0 Å². The van der Waals surface area contributed by atoms with Crippen LogP contribution in [0.1, 0.15) is 33.6 Å². The first-order valence-corrected chi connectivity index (χ1v) is 5.75. The lowest BCUT2D eigenvalue weighted by atomic mass is 9.69. The first-order chi connectivity index (χ1) is 7.28. The SMILES string of the molecule is COC(C)(C)[C@H]1CC[C@@](C)(OC)[C@H](O)[C@@H]1O. The third-order valence-corrected chi connectivity index (χ3v) is 4.20. The molecule has 0 aromatic rings. The van der Waals surface area contributed by atoms with Crippen molar-refractivity contribution in [2.45, 2.75) is 57.0 Å². The highest BCUT2D eigenvalue weighted by Crippen LogP contribution is 2.40. The van der Waals surface area contributed by atoms with E-state index in [1.807, 2.05) is 20.8 Å². The normalized spacial score (nSPS) is 41.1. The molecule has 1 aliphatic rings. The molecule has 1 saturated carbocycles. The van der Waals surface area contributed by atoms with Crippen LogP contribution >= 0.6 is 0 Å². The molecule has 0 saturated heterocycles. The average Bonchev–Trinajstić information content (AvgIpc) is 2.25. The lowest BCUT2D eigenvalue weighted by Gasteiger charge is -2.48. The van der Waals surface area contributed by atoms with E-state index in [4.69, 9.17) is 9.47 Å². The summed E-state index contributed by atoms with van der Waals surface area (Å²) in [5.41, 5.74) is -1.09. The molecule has 0 aromatic carbocycles. The Bertz CT molecular complexity index is 241. The van der Waals surface area contributed by atoms with Crippen molar-refractivity contribution in [2.24, 2.45) is 5.92 Å². The maximum atomic E-state index is 10.2. The molecule has 0 heterocycles. The number of hydrogen-bond acceptors (Lipinski definition) is 4. The van der Waals surface area contributed by atoms with Crippen molar-refractivity contribution in [2.75, 3.05) is 14.2 Å². The summed E-state index contributed by atoms with van der Waals surface area (Å²) in [6.07, 6.45) is -0.179. The van der Waals surface area contributed by atoms with Gasteiger partial charge >= 0.3 is 0 Å². The van der Waals surface area contributed by atoms with Gasteiger partial charge in [-0.05, 0) is 33.6 Å². The lowest BCUT2D eigenvalue weighted by Crippen LogP contribution is -2.59. The van der Waals surface area contributed by atoms with Crippen LogP contribution in [0.15, 0.2) is 0 Å². The maximum absolute atomic E-state index is 10.2. The topological polar surface area (TPSA) is 58.9 Å². The van der Waals surface area contributed by atoms with Crippen molar-refractivity contribution >= 4 is 0 Å². The second-order valence-corrected chi connectivity index (χ2v) is 5.40. The van der Waals surface area contributed by atoms with Gasteiger partial charge in [-0.2, -0.15) is 0 Å². The second kappa shape index (κ2) is 4.61. The third-order valence-electron chi connectivity index (χ3n) is 4.20. The van der Waals surface area contributed by atoms with E-state index < -0.39 is 23.4 Å². The fourth-order valence-corrected chi connectivity index (χ4v) is 2.48. The van der Waals surface area contributed by atoms with E-state index in [0.29, 0.717) is 0 Å². The van der Waals surface area contributed by atoms with Gasteiger partial charge in [0.05, 0.1) is 17.3 Å². The molecule has 16 heavy (non-hydrogen) atoms. The number of methoxy groups -OCH3 is 2. The van der Waals surface area contributed by atoms with Crippen molar-refractivity contribution in [3.05, 3.63) is 0 Å². The minimum atomic E-state index is -0.870. The van der Waals surface area contributed by atoms with E-state index in [9.17, 15) is 10.2 Å². The standard InChI is InChI=1S/C12H24O4/c1-11(2,15-4)8-6-7-12(3,16-5)10(14)9(8)13/h8-10,13-14H,6-7H2,1-5H3/t8-,9+,10+,12+/m0/s1. The van der Waals surface area contributed by atoms with Crippen molar-refractivity contribution in [3.63, 3.8) is 0 Å². The minimum Gasteiger partial charge on any atom is -0.390 e. The fraction of sp³-hybridized carbons (Fsp3) is 1.00. The minimum absolute atomic E-state index is 0.0734. The molecule has 1 rings (SSSR count). The first-order valence-electron chi connectivity index (χ1n) is 5.75. The van der Waals surface area contributed by atoms with Crippen LogP contribution in [0.4, 0.5) is 0 Å². The Hall–Kier alpha value is -0.160. The first kappa shape index (κ1) is 13.9. The van der Waals surface area contributed by atoms with E-state index in [-0.39, 0.29) is 5.92 Å². The zero-order valence-electron chi connectivity index (χ0n) is 10.9. The van der Waals surface area contributed by atoms with Crippen molar-refractivity contribution in [1.29, 1.82) is 0 Å². The highest BCUT2D eigenvalue weighted by molar-refractivity contribution is 5.01. The molecular weight excluding hydrogens is 208 g/mol. The van der Waals surface area contributed by atoms with Gasteiger partial charge in [-0.1, -0.05) is 0 Å². The Kier molecular flexibility index (Phi) is 4.00. The summed E-state index contributed by atoms with van der Waals surface area (Å²) in [5, 5.41) is 20.3. The molecule has 0 aliphatic heterocycles. The average molecular weight is 232 g/mol. The summed E-state index contributed by atoms with van der Waals surface area (Å²) in [5.74, 6) is -0.0734. The number of hydrogen-bond donors (Lipinski definition) is 2. The Balaban J connectivity index is 2.84. The van der Waals surface area contributed by atoms with Crippen LogP contribution < -0.4 is 0 Å². The summed E-state index contributed by atoms with van der Waals surface area (Å²) in [6.45, 7) is 5.70. The second-order valence-electron chi connectivity index (χ2n) is 5.40. The van der Waals surface area contributed by atoms with Crippen molar-refractivity contribution in [1.82, 2.24) is 0 Å². The van der Waals surface area contributed by atoms with E-state index in [1.54, 1.807) is 14.2 Å². The van der Waals surface area contributed by atoms with Crippen LogP contribution in [0.2, 0.25) is 0 Å². The number of rotatable bonds is 3. The monoisotopic (exact) mass is 232 g/mol. The molecule has 1 fully saturated rings. The Morgan fingerprint density at radius 1 is 1.25 bits per heavy atom. The van der Waals surface area contributed by atoms with E-state index in [0.717, 1.165) is 12.8 Å². The molecule has 96 valence electrons. The van der Waals surface area contributed by atoms with Crippen LogP contribution in [0.25, 0.3) is 0 Å². The molecule has 4 atom stereocenters. The van der Waals surface area contributed by atoms with Gasteiger partial charge < -0.3 is 19.7 Å². The lowest BCUT2D eigenvalue weighted by molar-refractivity contribution is -0.203. The van der Waals surface area contributed by atoms with E-state index in [1.165, 1.54) is 0 Å². The largest absolute Gasteiger partial charge is 0.390 e. The van der Waals surface area contributed by atoms with Gasteiger partial charge in [0.25, 0.3) is 0 Å². The molecule has 4 nitrogen and oxygen atoms in total. The fourth-order valence-electron chi connectivity index (χ4n) is 2.48. The van der Waals surface area contributed by atoms with E-state index in [2.05, 4.69) is 0 Å².